The Morgan fingerprint density at radius 3 is 2.65 bits per heavy atom. The molecule has 0 aliphatic carbocycles. The van der Waals surface area contributed by atoms with Crippen LogP contribution in [0.1, 0.15) is 22.9 Å². The molecule has 0 saturated heterocycles. The van der Waals surface area contributed by atoms with E-state index >= 15 is 0 Å². The molecular formula is C11H10BrClF2O2. The normalized spacial score (nSPS) is 12.6. The van der Waals surface area contributed by atoms with Crippen molar-refractivity contribution in [1.29, 1.82) is 0 Å². The highest BCUT2D eigenvalue weighted by atomic mass is 79.9. The summed E-state index contributed by atoms with van der Waals surface area (Å²) in [5.74, 6) is -0.142. The maximum atomic E-state index is 12.2. The molecule has 94 valence electrons. The maximum absolute atomic E-state index is 12.2. The van der Waals surface area contributed by atoms with Gasteiger partial charge in [0, 0.05) is 5.56 Å². The Hall–Kier alpha value is -0.680. The number of benzene rings is 1. The van der Waals surface area contributed by atoms with Crippen molar-refractivity contribution in [3.05, 3.63) is 29.3 Å². The van der Waals surface area contributed by atoms with Gasteiger partial charge in [-0.15, -0.1) is 11.6 Å². The van der Waals surface area contributed by atoms with E-state index < -0.39 is 11.4 Å². The standard InChI is InChI=1S/C11H10BrClF2O2/c1-6(16)10(12)7-3-2-4-9(8(7)5-13)17-11(14)15/h2-4,10-11H,5H2,1H3. The summed E-state index contributed by atoms with van der Waals surface area (Å²) in [6.07, 6.45) is 0. The van der Waals surface area contributed by atoms with Gasteiger partial charge in [-0.1, -0.05) is 28.1 Å². The van der Waals surface area contributed by atoms with Gasteiger partial charge in [-0.2, -0.15) is 8.78 Å². The Morgan fingerprint density at radius 1 is 1.53 bits per heavy atom. The minimum Gasteiger partial charge on any atom is -0.434 e. The van der Waals surface area contributed by atoms with E-state index in [4.69, 9.17) is 11.6 Å². The van der Waals surface area contributed by atoms with Crippen molar-refractivity contribution in [2.45, 2.75) is 24.2 Å². The van der Waals surface area contributed by atoms with Crippen molar-refractivity contribution in [3.63, 3.8) is 0 Å². The number of hydrogen-bond donors (Lipinski definition) is 0. The Balaban J connectivity index is 3.18. The fourth-order valence-corrected chi connectivity index (χ4v) is 2.10. The van der Waals surface area contributed by atoms with E-state index in [1.807, 2.05) is 0 Å². The third-order valence-corrected chi connectivity index (χ3v) is 3.55. The van der Waals surface area contributed by atoms with Crippen LogP contribution < -0.4 is 4.74 Å². The summed E-state index contributed by atoms with van der Waals surface area (Å²) >= 11 is 8.90. The number of carbonyl (C=O) groups excluding carboxylic acids is 1. The molecule has 0 radical (unpaired) electrons. The van der Waals surface area contributed by atoms with Gasteiger partial charge >= 0.3 is 6.61 Å². The molecule has 0 saturated carbocycles. The molecule has 0 aromatic heterocycles. The van der Waals surface area contributed by atoms with Crippen LogP contribution in [-0.2, 0) is 10.7 Å². The number of rotatable bonds is 5. The summed E-state index contributed by atoms with van der Waals surface area (Å²) in [5, 5.41) is 0. The minimum atomic E-state index is -2.92. The molecule has 2 nitrogen and oxygen atoms in total. The van der Waals surface area contributed by atoms with E-state index in [0.29, 0.717) is 11.1 Å². The number of carbonyl (C=O) groups is 1. The van der Waals surface area contributed by atoms with Crippen LogP contribution >= 0.6 is 27.5 Å². The quantitative estimate of drug-likeness (QED) is 0.763. The zero-order valence-electron chi connectivity index (χ0n) is 8.92. The lowest BCUT2D eigenvalue weighted by atomic mass is 10.0. The van der Waals surface area contributed by atoms with Crippen LogP contribution in [0.2, 0.25) is 0 Å². The van der Waals surface area contributed by atoms with E-state index in [0.717, 1.165) is 0 Å². The first-order valence-corrected chi connectivity index (χ1v) is 6.19. The predicted octanol–water partition coefficient (Wildman–Crippen LogP) is 4.05. The first kappa shape index (κ1) is 14.4. The summed E-state index contributed by atoms with van der Waals surface area (Å²) in [7, 11) is 0. The molecule has 1 aromatic rings. The van der Waals surface area contributed by atoms with Crippen molar-refractivity contribution in [2.24, 2.45) is 0 Å². The van der Waals surface area contributed by atoms with E-state index in [-0.39, 0.29) is 17.4 Å². The summed E-state index contributed by atoms with van der Waals surface area (Å²) in [5.41, 5.74) is 0.942. The van der Waals surface area contributed by atoms with E-state index in [9.17, 15) is 13.6 Å². The fourth-order valence-electron chi connectivity index (χ4n) is 1.39. The summed E-state index contributed by atoms with van der Waals surface area (Å²) in [6.45, 7) is -1.52. The molecule has 0 aliphatic rings. The van der Waals surface area contributed by atoms with Gasteiger partial charge in [-0.3, -0.25) is 4.79 Å². The molecule has 17 heavy (non-hydrogen) atoms. The van der Waals surface area contributed by atoms with E-state index in [1.165, 1.54) is 13.0 Å². The largest absolute Gasteiger partial charge is 0.434 e. The number of ether oxygens (including phenoxy) is 1. The lowest BCUT2D eigenvalue weighted by molar-refractivity contribution is -0.116. The first-order chi connectivity index (χ1) is 7.97. The summed E-state index contributed by atoms with van der Waals surface area (Å²) in [4.78, 5) is 10.7. The molecule has 0 fully saturated rings. The van der Waals surface area contributed by atoms with Gasteiger partial charge in [-0.25, -0.2) is 0 Å². The van der Waals surface area contributed by atoms with Crippen LogP contribution in [0, 0.1) is 0 Å². The van der Waals surface area contributed by atoms with Crippen molar-refractivity contribution in [2.75, 3.05) is 0 Å². The zero-order chi connectivity index (χ0) is 13.0. The molecule has 0 bridgehead atoms. The maximum Gasteiger partial charge on any atom is 0.387 e. The Labute approximate surface area is 111 Å². The smallest absolute Gasteiger partial charge is 0.387 e. The lowest BCUT2D eigenvalue weighted by Crippen LogP contribution is -2.08. The Kier molecular flexibility index (Phi) is 5.33. The van der Waals surface area contributed by atoms with Gasteiger partial charge < -0.3 is 4.74 Å². The van der Waals surface area contributed by atoms with Gasteiger partial charge in [0.25, 0.3) is 0 Å². The van der Waals surface area contributed by atoms with Gasteiger partial charge in [0.1, 0.15) is 11.5 Å². The minimum absolute atomic E-state index is 0.00167. The van der Waals surface area contributed by atoms with Crippen molar-refractivity contribution >= 4 is 33.3 Å². The summed E-state index contributed by atoms with van der Waals surface area (Å²) < 4.78 is 28.7. The van der Waals surface area contributed by atoms with Gasteiger partial charge in [-0.05, 0) is 18.6 Å². The van der Waals surface area contributed by atoms with Crippen LogP contribution in [0.15, 0.2) is 18.2 Å². The van der Waals surface area contributed by atoms with Gasteiger partial charge in [0.2, 0.25) is 0 Å². The second-order valence-corrected chi connectivity index (χ2v) is 4.49. The van der Waals surface area contributed by atoms with Crippen LogP contribution in [0.5, 0.6) is 5.75 Å². The van der Waals surface area contributed by atoms with E-state index in [1.54, 1.807) is 12.1 Å². The highest BCUT2D eigenvalue weighted by Crippen LogP contribution is 2.34. The average Bonchev–Trinajstić information content (AvgIpc) is 2.26. The van der Waals surface area contributed by atoms with Gasteiger partial charge in [0.15, 0.2) is 0 Å². The first-order valence-electron chi connectivity index (χ1n) is 4.74. The van der Waals surface area contributed by atoms with E-state index in [2.05, 4.69) is 20.7 Å². The highest BCUT2D eigenvalue weighted by molar-refractivity contribution is 9.09. The predicted molar refractivity (Wildman–Crippen MR) is 65.0 cm³/mol. The molecule has 1 unspecified atom stereocenters. The van der Waals surface area contributed by atoms with Crippen molar-refractivity contribution < 1.29 is 18.3 Å². The van der Waals surface area contributed by atoms with Crippen LogP contribution in [0.25, 0.3) is 0 Å². The third kappa shape index (κ3) is 3.64. The molecule has 0 heterocycles. The zero-order valence-corrected chi connectivity index (χ0v) is 11.3. The number of hydrogen-bond acceptors (Lipinski definition) is 2. The highest BCUT2D eigenvalue weighted by Gasteiger charge is 2.20. The molecule has 1 aromatic carbocycles. The molecule has 0 aliphatic heterocycles. The molecule has 6 heteroatoms. The molecule has 0 N–H and O–H groups in total. The number of ketones is 1. The lowest BCUT2D eigenvalue weighted by Gasteiger charge is -2.15. The van der Waals surface area contributed by atoms with Crippen LogP contribution in [0.3, 0.4) is 0 Å². The van der Waals surface area contributed by atoms with Crippen molar-refractivity contribution in [1.82, 2.24) is 0 Å². The topological polar surface area (TPSA) is 26.3 Å². The molecular weight excluding hydrogens is 317 g/mol. The number of Topliss-reactive ketones (excluding diaryl/α,β-unsaturated/α-hetero) is 1. The average molecular weight is 328 g/mol. The second-order valence-electron chi connectivity index (χ2n) is 3.31. The van der Waals surface area contributed by atoms with Crippen LogP contribution in [-0.4, -0.2) is 12.4 Å². The Bertz CT molecular complexity index is 412. The number of alkyl halides is 4. The molecule has 0 spiro atoms. The molecule has 1 rings (SSSR count). The third-order valence-electron chi connectivity index (χ3n) is 2.15. The SMILES string of the molecule is CC(=O)C(Br)c1cccc(OC(F)F)c1CCl. The Morgan fingerprint density at radius 2 is 2.18 bits per heavy atom. The monoisotopic (exact) mass is 326 g/mol. The molecule has 1 atom stereocenters. The second kappa shape index (κ2) is 6.31. The van der Waals surface area contributed by atoms with Crippen molar-refractivity contribution in [3.8, 4) is 5.75 Å². The fraction of sp³-hybridized carbons (Fsp3) is 0.364. The summed E-state index contributed by atoms with van der Waals surface area (Å²) in [6, 6.07) is 4.59. The molecule has 0 amide bonds. The van der Waals surface area contributed by atoms with Gasteiger partial charge in [0.05, 0.1) is 10.7 Å². The number of halogens is 4. The van der Waals surface area contributed by atoms with Crippen LogP contribution in [0.4, 0.5) is 8.78 Å².